The summed E-state index contributed by atoms with van der Waals surface area (Å²) in [5.41, 5.74) is 6.13. The molecule has 1 fully saturated rings. The van der Waals surface area contributed by atoms with Crippen LogP contribution in [0.5, 0.6) is 0 Å². The van der Waals surface area contributed by atoms with Crippen molar-refractivity contribution in [2.24, 2.45) is 11.7 Å². The number of carbonyl (C=O) groups excluding carboxylic acids is 1. The van der Waals surface area contributed by atoms with Gasteiger partial charge in [-0.3, -0.25) is 15.1 Å². The number of halogens is 4. The molecule has 0 spiro atoms. The second kappa shape index (κ2) is 11.3. The predicted octanol–water partition coefficient (Wildman–Crippen LogP) is 2.90. The van der Waals surface area contributed by atoms with Gasteiger partial charge in [0.2, 0.25) is 0 Å². The van der Waals surface area contributed by atoms with Crippen LogP contribution in [0.4, 0.5) is 13.2 Å². The number of carboxylic acid groups (broad SMARTS) is 1. The highest BCUT2D eigenvalue weighted by Gasteiger charge is 2.39. The lowest BCUT2D eigenvalue weighted by atomic mass is 9.89. The number of hydrogen-bond acceptors (Lipinski definition) is 8. The van der Waals surface area contributed by atoms with Crippen LogP contribution in [0, 0.1) is 11.3 Å². The number of rotatable bonds is 6. The maximum Gasteiger partial charge on any atom is 0.490 e. The molecule has 37 heavy (non-hydrogen) atoms. The Kier molecular flexibility index (Phi) is 8.74. The molecule has 2 aromatic rings. The molecule has 0 aromatic carbocycles. The standard InChI is InChI=1S/C19H20ClN5O3S2.C2HF3O2/c20-15-7-6-14-13(23-15)10-16(29-14)30(27,28)24-19(25-8-1-2-9-25)12-5-3-4-11(17(12)26)18(21)22;3-2(4,5)1(6)7/h3-7,10,12,19,24H,1-2,8-9H2,(H3,21,22);(H,6,7)/t12-,19?;/m1./s1. The smallest absolute Gasteiger partial charge is 0.475 e. The highest BCUT2D eigenvalue weighted by atomic mass is 35.5. The van der Waals surface area contributed by atoms with Gasteiger partial charge in [0.05, 0.1) is 27.9 Å². The number of alkyl halides is 3. The summed E-state index contributed by atoms with van der Waals surface area (Å²) in [5, 5.41) is 15.1. The van der Waals surface area contributed by atoms with E-state index in [-0.39, 0.29) is 26.6 Å². The average Bonchev–Trinajstić information content (AvgIpc) is 3.47. The lowest BCUT2D eigenvalue weighted by Crippen LogP contribution is -2.53. The quantitative estimate of drug-likeness (QED) is 0.230. The van der Waals surface area contributed by atoms with Crippen molar-refractivity contribution < 1.29 is 36.3 Å². The second-order valence-corrected chi connectivity index (χ2v) is 11.4. The summed E-state index contributed by atoms with van der Waals surface area (Å²) < 4.78 is 61.7. The summed E-state index contributed by atoms with van der Waals surface area (Å²) in [6.45, 7) is 1.35. The van der Waals surface area contributed by atoms with E-state index in [9.17, 15) is 26.4 Å². The normalized spacial score (nSPS) is 19.3. The molecule has 16 heteroatoms. The van der Waals surface area contributed by atoms with Gasteiger partial charge in [-0.15, -0.1) is 11.3 Å². The molecule has 0 saturated carbocycles. The molecule has 10 nitrogen and oxygen atoms in total. The molecule has 1 aliphatic heterocycles. The van der Waals surface area contributed by atoms with E-state index < -0.39 is 34.3 Å². The first-order chi connectivity index (χ1) is 17.2. The topological polar surface area (TPSA) is 167 Å². The van der Waals surface area contributed by atoms with E-state index in [0.717, 1.165) is 24.2 Å². The zero-order chi connectivity index (χ0) is 27.5. The number of allylic oxidation sites excluding steroid dienone is 2. The summed E-state index contributed by atoms with van der Waals surface area (Å²) in [6.07, 6.45) is 0.773. The van der Waals surface area contributed by atoms with Crippen molar-refractivity contribution in [1.29, 1.82) is 5.41 Å². The zero-order valence-electron chi connectivity index (χ0n) is 18.8. The van der Waals surface area contributed by atoms with E-state index in [1.165, 1.54) is 12.1 Å². The molecule has 200 valence electrons. The van der Waals surface area contributed by atoms with Gasteiger partial charge in [-0.05, 0) is 50.2 Å². The Morgan fingerprint density at radius 2 is 1.95 bits per heavy atom. The van der Waals surface area contributed by atoms with Gasteiger partial charge in [0.15, 0.2) is 5.78 Å². The number of nitrogens with one attached hydrogen (secondary N) is 2. The van der Waals surface area contributed by atoms with E-state index in [1.54, 1.807) is 24.3 Å². The number of likely N-dealkylation sites (tertiary alicyclic amines) is 1. The molecule has 5 N–H and O–H groups in total. The number of pyridine rings is 1. The Morgan fingerprint density at radius 1 is 1.32 bits per heavy atom. The summed E-state index contributed by atoms with van der Waals surface area (Å²) in [7, 11) is -3.93. The van der Waals surface area contributed by atoms with Crippen molar-refractivity contribution >= 4 is 60.8 Å². The molecule has 0 radical (unpaired) electrons. The number of Topliss-reactive ketones (excluding diaryl/α,β-unsaturated/α-hetero) is 1. The van der Waals surface area contributed by atoms with Crippen molar-refractivity contribution in [2.45, 2.75) is 29.4 Å². The number of carbonyl (C=O) groups is 2. The van der Waals surface area contributed by atoms with E-state index in [2.05, 4.69) is 9.71 Å². The molecular weight excluding hydrogens is 559 g/mol. The molecule has 2 aliphatic rings. The number of sulfonamides is 1. The Bertz CT molecular complexity index is 1380. The number of nitrogens with two attached hydrogens (primary N) is 1. The monoisotopic (exact) mass is 579 g/mol. The fourth-order valence-electron chi connectivity index (χ4n) is 3.71. The number of amidine groups is 1. The van der Waals surface area contributed by atoms with Crippen LogP contribution in [0.2, 0.25) is 5.15 Å². The molecule has 1 saturated heterocycles. The molecule has 4 rings (SSSR count). The Morgan fingerprint density at radius 3 is 2.51 bits per heavy atom. The lowest BCUT2D eigenvalue weighted by Gasteiger charge is -2.33. The number of aliphatic carboxylic acids is 1. The van der Waals surface area contributed by atoms with Crippen molar-refractivity contribution in [2.75, 3.05) is 13.1 Å². The molecule has 2 aromatic heterocycles. The first-order valence-electron chi connectivity index (χ1n) is 10.6. The average molecular weight is 580 g/mol. The van der Waals surface area contributed by atoms with Crippen LogP contribution in [-0.2, 0) is 19.6 Å². The van der Waals surface area contributed by atoms with Crippen LogP contribution < -0.4 is 10.5 Å². The van der Waals surface area contributed by atoms with Gasteiger partial charge < -0.3 is 10.8 Å². The molecule has 2 atom stereocenters. The van der Waals surface area contributed by atoms with Gasteiger partial charge in [0.1, 0.15) is 15.2 Å². The Hall–Kier alpha value is -2.85. The van der Waals surface area contributed by atoms with Gasteiger partial charge in [-0.25, -0.2) is 18.2 Å². The van der Waals surface area contributed by atoms with Crippen LogP contribution in [-0.4, -0.2) is 66.4 Å². The van der Waals surface area contributed by atoms with Crippen molar-refractivity contribution in [3.63, 3.8) is 0 Å². The summed E-state index contributed by atoms with van der Waals surface area (Å²) in [5.74, 6) is -4.23. The van der Waals surface area contributed by atoms with Crippen LogP contribution in [0.15, 0.2) is 46.2 Å². The molecule has 0 bridgehead atoms. The number of ketones is 1. The molecule has 1 aliphatic carbocycles. The third-order valence-electron chi connectivity index (χ3n) is 5.41. The first kappa shape index (κ1) is 28.7. The maximum absolute atomic E-state index is 13.2. The Labute approximate surface area is 218 Å². The van der Waals surface area contributed by atoms with Gasteiger partial charge >= 0.3 is 12.1 Å². The fraction of sp³-hybridized carbons (Fsp3) is 0.333. The highest BCUT2D eigenvalue weighted by molar-refractivity contribution is 7.91. The number of aromatic nitrogens is 1. The molecule has 1 unspecified atom stereocenters. The van der Waals surface area contributed by atoms with Gasteiger partial charge in [-0.2, -0.15) is 17.9 Å². The van der Waals surface area contributed by atoms with E-state index in [0.29, 0.717) is 23.3 Å². The second-order valence-electron chi connectivity index (χ2n) is 7.96. The SMILES string of the molecule is N=C(N)C1=CC=C[C@@H](C(NS(=O)(=O)c2cc3nc(Cl)ccc3s2)N2CCCC2)C1=O.O=C(O)C(F)(F)F. The third kappa shape index (κ3) is 6.93. The molecule has 0 amide bonds. The van der Waals surface area contributed by atoms with Gasteiger partial charge in [-0.1, -0.05) is 23.8 Å². The van der Waals surface area contributed by atoms with E-state index in [1.807, 2.05) is 4.90 Å². The third-order valence-corrected chi connectivity index (χ3v) is 8.62. The van der Waals surface area contributed by atoms with Crippen molar-refractivity contribution in [1.82, 2.24) is 14.6 Å². The summed E-state index contributed by atoms with van der Waals surface area (Å²) in [4.78, 5) is 28.0. The largest absolute Gasteiger partial charge is 0.490 e. The zero-order valence-corrected chi connectivity index (χ0v) is 21.2. The van der Waals surface area contributed by atoms with Crippen LogP contribution >= 0.6 is 22.9 Å². The lowest BCUT2D eigenvalue weighted by molar-refractivity contribution is -0.192. The molecule has 3 heterocycles. The highest BCUT2D eigenvalue weighted by Crippen LogP contribution is 2.31. The van der Waals surface area contributed by atoms with Gasteiger partial charge in [0.25, 0.3) is 10.0 Å². The fourth-order valence-corrected chi connectivity index (χ4v) is 6.45. The maximum atomic E-state index is 13.2. The minimum Gasteiger partial charge on any atom is -0.475 e. The van der Waals surface area contributed by atoms with Crippen LogP contribution in [0.25, 0.3) is 10.2 Å². The number of hydrogen-bond donors (Lipinski definition) is 4. The first-order valence-corrected chi connectivity index (χ1v) is 13.3. The predicted molar refractivity (Wildman–Crippen MR) is 131 cm³/mol. The number of thiophene rings is 1. The van der Waals surface area contributed by atoms with Crippen molar-refractivity contribution in [3.05, 3.63) is 47.2 Å². The van der Waals surface area contributed by atoms with Crippen molar-refractivity contribution in [3.8, 4) is 0 Å². The summed E-state index contributed by atoms with van der Waals surface area (Å²) in [6, 6.07) is 4.82. The minimum atomic E-state index is -5.08. The minimum absolute atomic E-state index is 0.0894. The van der Waals surface area contributed by atoms with Crippen LogP contribution in [0.3, 0.4) is 0 Å². The molecular formula is C21H21ClF3N5O5S2. The van der Waals surface area contributed by atoms with Crippen LogP contribution in [0.1, 0.15) is 12.8 Å². The number of fused-ring (bicyclic) bond motifs is 1. The summed E-state index contributed by atoms with van der Waals surface area (Å²) >= 11 is 7.01. The Balaban J connectivity index is 0.000000479. The van der Waals surface area contributed by atoms with Gasteiger partial charge in [0, 0.05) is 0 Å². The van der Waals surface area contributed by atoms with E-state index in [4.69, 9.17) is 32.6 Å². The number of carboxylic acids is 1. The van der Waals surface area contributed by atoms with E-state index >= 15 is 0 Å². The number of nitrogens with zero attached hydrogens (tertiary/aromatic N) is 2.